The Morgan fingerprint density at radius 2 is 2.37 bits per heavy atom. The molecule has 1 fully saturated rings. The molecule has 1 aliphatic heterocycles. The summed E-state index contributed by atoms with van der Waals surface area (Å²) in [6, 6.07) is 7.58. The number of rotatable bonds is 3. The van der Waals surface area contributed by atoms with Gasteiger partial charge in [0.05, 0.1) is 25.2 Å². The first kappa shape index (κ1) is 14.8. The summed E-state index contributed by atoms with van der Waals surface area (Å²) in [7, 11) is 0. The van der Waals surface area contributed by atoms with E-state index in [0.29, 0.717) is 24.6 Å². The van der Waals surface area contributed by atoms with Gasteiger partial charge in [0.15, 0.2) is 0 Å². The molecule has 2 atom stereocenters. The summed E-state index contributed by atoms with van der Waals surface area (Å²) in [4.78, 5) is 14.3. The van der Waals surface area contributed by atoms with Crippen LogP contribution in [-0.2, 0) is 16.0 Å². The number of carbonyl (C=O) groups excluding carboxylic acids is 1. The number of amides is 1. The number of hydrogen-bond acceptors (Lipinski definition) is 2. The van der Waals surface area contributed by atoms with E-state index in [4.69, 9.17) is 16.3 Å². The van der Waals surface area contributed by atoms with Crippen LogP contribution in [0.5, 0.6) is 0 Å². The standard InChI is InChI=1S/C14H17BrClNO2/c1-10-9-19-13(7-15)8-17(10)14(18)6-11-3-2-4-12(16)5-11/h2-5,10,13H,6-9H2,1H3. The monoisotopic (exact) mass is 345 g/mol. The Hall–Kier alpha value is -0.580. The lowest BCUT2D eigenvalue weighted by Gasteiger charge is -2.37. The predicted octanol–water partition coefficient (Wildman–Crippen LogP) is 2.89. The second-order valence-electron chi connectivity index (χ2n) is 4.81. The second-order valence-corrected chi connectivity index (χ2v) is 5.90. The average molecular weight is 347 g/mol. The van der Waals surface area contributed by atoms with Gasteiger partial charge in [-0.25, -0.2) is 0 Å². The summed E-state index contributed by atoms with van der Waals surface area (Å²) < 4.78 is 5.63. The van der Waals surface area contributed by atoms with Crippen molar-refractivity contribution in [2.75, 3.05) is 18.5 Å². The van der Waals surface area contributed by atoms with Crippen molar-refractivity contribution in [2.45, 2.75) is 25.5 Å². The SMILES string of the molecule is CC1COC(CBr)CN1C(=O)Cc1cccc(Cl)c1. The van der Waals surface area contributed by atoms with Crippen molar-refractivity contribution in [3.05, 3.63) is 34.9 Å². The number of nitrogens with zero attached hydrogens (tertiary/aromatic N) is 1. The number of benzene rings is 1. The number of alkyl halides is 1. The first-order valence-corrected chi connectivity index (χ1v) is 7.81. The third-order valence-electron chi connectivity index (χ3n) is 3.24. The number of morpholine rings is 1. The lowest BCUT2D eigenvalue weighted by atomic mass is 10.1. The predicted molar refractivity (Wildman–Crippen MR) is 79.9 cm³/mol. The molecule has 0 saturated carbocycles. The third kappa shape index (κ3) is 3.94. The Balaban J connectivity index is 2.02. The number of halogens is 2. The average Bonchev–Trinajstić information content (AvgIpc) is 2.39. The highest BCUT2D eigenvalue weighted by Crippen LogP contribution is 2.17. The van der Waals surface area contributed by atoms with Gasteiger partial charge in [0, 0.05) is 16.9 Å². The Morgan fingerprint density at radius 3 is 3.05 bits per heavy atom. The van der Waals surface area contributed by atoms with Gasteiger partial charge in [0.1, 0.15) is 0 Å². The molecule has 0 aromatic heterocycles. The van der Waals surface area contributed by atoms with E-state index in [1.54, 1.807) is 0 Å². The van der Waals surface area contributed by atoms with E-state index in [1.165, 1.54) is 0 Å². The number of carbonyl (C=O) groups is 1. The van der Waals surface area contributed by atoms with Gasteiger partial charge in [-0.05, 0) is 24.6 Å². The molecule has 5 heteroatoms. The van der Waals surface area contributed by atoms with E-state index in [-0.39, 0.29) is 18.1 Å². The van der Waals surface area contributed by atoms with Gasteiger partial charge in [-0.1, -0.05) is 39.7 Å². The van der Waals surface area contributed by atoms with E-state index >= 15 is 0 Å². The Morgan fingerprint density at radius 1 is 1.58 bits per heavy atom. The highest BCUT2D eigenvalue weighted by Gasteiger charge is 2.28. The summed E-state index contributed by atoms with van der Waals surface area (Å²) >= 11 is 9.34. The van der Waals surface area contributed by atoms with Gasteiger partial charge in [-0.2, -0.15) is 0 Å². The fraction of sp³-hybridized carbons (Fsp3) is 0.500. The van der Waals surface area contributed by atoms with Crippen LogP contribution in [0.1, 0.15) is 12.5 Å². The van der Waals surface area contributed by atoms with E-state index in [2.05, 4.69) is 15.9 Å². The molecule has 0 radical (unpaired) electrons. The number of ether oxygens (including phenoxy) is 1. The third-order valence-corrected chi connectivity index (χ3v) is 4.20. The van der Waals surface area contributed by atoms with Crippen molar-refractivity contribution in [1.82, 2.24) is 4.90 Å². The van der Waals surface area contributed by atoms with Gasteiger partial charge < -0.3 is 9.64 Å². The lowest BCUT2D eigenvalue weighted by Crippen LogP contribution is -2.52. The maximum absolute atomic E-state index is 12.4. The van der Waals surface area contributed by atoms with Gasteiger partial charge in [-0.15, -0.1) is 0 Å². The van der Waals surface area contributed by atoms with E-state index in [0.717, 1.165) is 10.9 Å². The van der Waals surface area contributed by atoms with Gasteiger partial charge >= 0.3 is 0 Å². The Bertz CT molecular complexity index is 455. The fourth-order valence-electron chi connectivity index (χ4n) is 2.18. The van der Waals surface area contributed by atoms with Crippen molar-refractivity contribution in [2.24, 2.45) is 0 Å². The maximum atomic E-state index is 12.4. The van der Waals surface area contributed by atoms with E-state index in [1.807, 2.05) is 36.1 Å². The minimum atomic E-state index is 0.0829. The highest BCUT2D eigenvalue weighted by atomic mass is 79.9. The minimum Gasteiger partial charge on any atom is -0.373 e. The van der Waals surface area contributed by atoms with Crippen LogP contribution >= 0.6 is 27.5 Å². The smallest absolute Gasteiger partial charge is 0.227 e. The van der Waals surface area contributed by atoms with Crippen LogP contribution in [0.4, 0.5) is 0 Å². The van der Waals surface area contributed by atoms with E-state index < -0.39 is 0 Å². The molecule has 1 aliphatic rings. The molecule has 104 valence electrons. The lowest BCUT2D eigenvalue weighted by molar-refractivity contribution is -0.142. The summed E-state index contributed by atoms with van der Waals surface area (Å²) in [5, 5.41) is 1.42. The molecule has 1 saturated heterocycles. The Labute approximate surface area is 127 Å². The first-order valence-electron chi connectivity index (χ1n) is 6.31. The van der Waals surface area contributed by atoms with Crippen LogP contribution < -0.4 is 0 Å². The van der Waals surface area contributed by atoms with Gasteiger partial charge in [0.2, 0.25) is 5.91 Å². The zero-order valence-corrected chi connectivity index (χ0v) is 13.2. The van der Waals surface area contributed by atoms with Crippen molar-refractivity contribution in [3.8, 4) is 0 Å². The van der Waals surface area contributed by atoms with Gasteiger partial charge in [-0.3, -0.25) is 4.79 Å². The molecule has 1 aromatic rings. The van der Waals surface area contributed by atoms with Crippen LogP contribution in [-0.4, -0.2) is 41.4 Å². The molecular formula is C14H17BrClNO2. The number of hydrogen-bond donors (Lipinski definition) is 0. The molecule has 19 heavy (non-hydrogen) atoms. The molecule has 3 nitrogen and oxygen atoms in total. The van der Waals surface area contributed by atoms with Crippen LogP contribution in [0.3, 0.4) is 0 Å². The maximum Gasteiger partial charge on any atom is 0.227 e. The molecule has 0 aliphatic carbocycles. The summed E-state index contributed by atoms with van der Waals surface area (Å²) in [6.45, 7) is 3.25. The minimum absolute atomic E-state index is 0.0829. The van der Waals surface area contributed by atoms with Crippen LogP contribution in [0.25, 0.3) is 0 Å². The molecular weight excluding hydrogens is 330 g/mol. The quantitative estimate of drug-likeness (QED) is 0.788. The van der Waals surface area contributed by atoms with Crippen molar-refractivity contribution < 1.29 is 9.53 Å². The molecule has 2 unspecified atom stereocenters. The van der Waals surface area contributed by atoms with E-state index in [9.17, 15) is 4.79 Å². The van der Waals surface area contributed by atoms with Crippen molar-refractivity contribution >= 4 is 33.4 Å². The fourth-order valence-corrected chi connectivity index (χ4v) is 2.79. The highest BCUT2D eigenvalue weighted by molar-refractivity contribution is 9.09. The Kier molecular flexibility index (Phi) is 5.25. The molecule has 0 bridgehead atoms. The van der Waals surface area contributed by atoms with Crippen molar-refractivity contribution in [3.63, 3.8) is 0 Å². The molecule has 1 aromatic carbocycles. The normalized spacial score (nSPS) is 23.4. The molecule has 0 N–H and O–H groups in total. The molecule has 2 rings (SSSR count). The van der Waals surface area contributed by atoms with Gasteiger partial charge in [0.25, 0.3) is 0 Å². The summed E-state index contributed by atoms with van der Waals surface area (Å²) in [5.74, 6) is 0.129. The van der Waals surface area contributed by atoms with Crippen molar-refractivity contribution in [1.29, 1.82) is 0 Å². The molecule has 0 spiro atoms. The molecule has 1 heterocycles. The zero-order valence-electron chi connectivity index (χ0n) is 10.8. The van der Waals surface area contributed by atoms with Crippen LogP contribution in [0.15, 0.2) is 24.3 Å². The topological polar surface area (TPSA) is 29.5 Å². The zero-order chi connectivity index (χ0) is 13.8. The van der Waals surface area contributed by atoms with Crippen LogP contribution in [0, 0.1) is 0 Å². The second kappa shape index (κ2) is 6.73. The first-order chi connectivity index (χ1) is 9.10. The summed E-state index contributed by atoms with van der Waals surface area (Å²) in [5.41, 5.74) is 0.951. The largest absolute Gasteiger partial charge is 0.373 e. The van der Waals surface area contributed by atoms with Crippen LogP contribution in [0.2, 0.25) is 5.02 Å². The molecule has 1 amide bonds. The summed E-state index contributed by atoms with van der Waals surface area (Å²) in [6.07, 6.45) is 0.472.